The number of amides is 2. The van der Waals surface area contributed by atoms with E-state index in [2.05, 4.69) is 12.2 Å². The largest absolute Gasteiger partial charge is 0.338 e. The van der Waals surface area contributed by atoms with Crippen molar-refractivity contribution in [2.45, 2.75) is 26.2 Å². The summed E-state index contributed by atoms with van der Waals surface area (Å²) >= 11 is 0. The number of carbonyl (C=O) groups excluding carboxylic acids is 2. The highest BCUT2D eigenvalue weighted by atomic mass is 16.2. The second kappa shape index (κ2) is 7.97. The van der Waals surface area contributed by atoms with Crippen LogP contribution in [0.3, 0.4) is 0 Å². The third kappa shape index (κ3) is 4.27. The number of carbonyl (C=O) groups is 2. The van der Waals surface area contributed by atoms with Crippen LogP contribution in [0.25, 0.3) is 0 Å². The fraction of sp³-hybridized carbons (Fsp3) is 0.333. The number of hydrogen-bond acceptors (Lipinski definition) is 2. The lowest BCUT2D eigenvalue weighted by atomic mass is 9.96. The van der Waals surface area contributed by atoms with Gasteiger partial charge in [-0.05, 0) is 49.1 Å². The van der Waals surface area contributed by atoms with Crippen LogP contribution in [-0.2, 0) is 11.2 Å². The maximum absolute atomic E-state index is 12.7. The summed E-state index contributed by atoms with van der Waals surface area (Å²) < 4.78 is 0. The molecule has 2 aromatic rings. The van der Waals surface area contributed by atoms with Crippen LogP contribution < -0.4 is 5.32 Å². The molecule has 4 nitrogen and oxygen atoms in total. The summed E-state index contributed by atoms with van der Waals surface area (Å²) in [4.78, 5) is 27.0. The third-order valence-corrected chi connectivity index (χ3v) is 4.73. The van der Waals surface area contributed by atoms with Crippen LogP contribution in [0.5, 0.6) is 0 Å². The van der Waals surface area contributed by atoms with Crippen LogP contribution in [0.2, 0.25) is 0 Å². The Kier molecular flexibility index (Phi) is 5.49. The first kappa shape index (κ1) is 17.2. The molecule has 1 heterocycles. The van der Waals surface area contributed by atoms with Crippen molar-refractivity contribution in [1.29, 1.82) is 0 Å². The summed E-state index contributed by atoms with van der Waals surface area (Å²) in [5, 5.41) is 2.95. The maximum Gasteiger partial charge on any atom is 0.253 e. The molecule has 130 valence electrons. The number of piperidine rings is 1. The molecule has 0 saturated carbocycles. The van der Waals surface area contributed by atoms with E-state index in [1.165, 1.54) is 5.56 Å². The average molecular weight is 336 g/mol. The van der Waals surface area contributed by atoms with Gasteiger partial charge in [-0.25, -0.2) is 0 Å². The van der Waals surface area contributed by atoms with E-state index in [1.54, 1.807) is 4.90 Å². The summed E-state index contributed by atoms with van der Waals surface area (Å²) in [6.45, 7) is 3.29. The Morgan fingerprint density at radius 2 is 1.80 bits per heavy atom. The molecule has 0 aromatic heterocycles. The summed E-state index contributed by atoms with van der Waals surface area (Å²) in [6, 6.07) is 17.2. The maximum atomic E-state index is 12.7. The van der Waals surface area contributed by atoms with Gasteiger partial charge in [-0.1, -0.05) is 37.3 Å². The lowest BCUT2D eigenvalue weighted by Crippen LogP contribution is -2.43. The van der Waals surface area contributed by atoms with Gasteiger partial charge < -0.3 is 10.2 Å². The Morgan fingerprint density at radius 3 is 2.48 bits per heavy atom. The minimum atomic E-state index is -0.159. The first-order valence-electron chi connectivity index (χ1n) is 8.91. The van der Waals surface area contributed by atoms with Gasteiger partial charge in [0.2, 0.25) is 5.91 Å². The highest BCUT2D eigenvalue weighted by Crippen LogP contribution is 2.21. The van der Waals surface area contributed by atoms with Crippen molar-refractivity contribution in [1.82, 2.24) is 4.90 Å². The second-order valence-electron chi connectivity index (χ2n) is 6.50. The molecule has 0 unspecified atom stereocenters. The fourth-order valence-corrected chi connectivity index (χ4v) is 3.21. The molecule has 0 radical (unpaired) electrons. The number of hydrogen-bond donors (Lipinski definition) is 1. The van der Waals surface area contributed by atoms with E-state index < -0.39 is 0 Å². The van der Waals surface area contributed by atoms with Crippen LogP contribution >= 0.6 is 0 Å². The lowest BCUT2D eigenvalue weighted by Gasteiger charge is -2.32. The zero-order valence-corrected chi connectivity index (χ0v) is 14.6. The molecule has 0 aliphatic carbocycles. The number of para-hydroxylation sites is 1. The number of nitrogens with one attached hydrogen (secondary N) is 1. The molecule has 1 aliphatic heterocycles. The Bertz CT molecular complexity index is 725. The normalized spacial score (nSPS) is 17.2. The molecule has 0 bridgehead atoms. The Balaban J connectivity index is 1.63. The van der Waals surface area contributed by atoms with Gasteiger partial charge in [0.05, 0.1) is 5.92 Å². The van der Waals surface area contributed by atoms with Crippen molar-refractivity contribution < 1.29 is 9.59 Å². The van der Waals surface area contributed by atoms with Crippen molar-refractivity contribution in [3.63, 3.8) is 0 Å². The Morgan fingerprint density at radius 1 is 1.08 bits per heavy atom. The van der Waals surface area contributed by atoms with E-state index in [1.807, 2.05) is 54.6 Å². The first-order chi connectivity index (χ1) is 12.2. The molecule has 4 heteroatoms. The van der Waals surface area contributed by atoms with Crippen molar-refractivity contribution in [2.75, 3.05) is 18.4 Å². The van der Waals surface area contributed by atoms with Gasteiger partial charge in [0, 0.05) is 24.3 Å². The fourth-order valence-electron chi connectivity index (χ4n) is 3.21. The summed E-state index contributed by atoms with van der Waals surface area (Å²) in [6.07, 6.45) is 2.63. The highest BCUT2D eigenvalue weighted by Gasteiger charge is 2.28. The molecule has 2 aromatic carbocycles. The van der Waals surface area contributed by atoms with Gasteiger partial charge in [-0.3, -0.25) is 9.59 Å². The topological polar surface area (TPSA) is 49.4 Å². The van der Waals surface area contributed by atoms with E-state index in [4.69, 9.17) is 0 Å². The number of aryl methyl sites for hydroxylation is 1. The van der Waals surface area contributed by atoms with Crippen molar-refractivity contribution in [3.8, 4) is 0 Å². The molecule has 25 heavy (non-hydrogen) atoms. The van der Waals surface area contributed by atoms with Gasteiger partial charge in [0.25, 0.3) is 5.91 Å². The van der Waals surface area contributed by atoms with Crippen molar-refractivity contribution in [3.05, 3.63) is 65.7 Å². The lowest BCUT2D eigenvalue weighted by molar-refractivity contribution is -0.121. The van der Waals surface area contributed by atoms with Crippen LogP contribution in [0, 0.1) is 5.92 Å². The van der Waals surface area contributed by atoms with E-state index >= 15 is 0 Å². The van der Waals surface area contributed by atoms with Gasteiger partial charge >= 0.3 is 0 Å². The zero-order valence-electron chi connectivity index (χ0n) is 14.6. The van der Waals surface area contributed by atoms with Crippen LogP contribution in [0.4, 0.5) is 5.69 Å². The highest BCUT2D eigenvalue weighted by molar-refractivity contribution is 5.96. The van der Waals surface area contributed by atoms with Gasteiger partial charge in [-0.2, -0.15) is 0 Å². The number of benzene rings is 2. The first-order valence-corrected chi connectivity index (χ1v) is 8.91. The SMILES string of the molecule is CCc1ccc(C(=O)N2CCC[C@H](C(=O)Nc3ccccc3)C2)cc1. The molecule has 1 aliphatic rings. The quantitative estimate of drug-likeness (QED) is 0.924. The summed E-state index contributed by atoms with van der Waals surface area (Å²) in [7, 11) is 0. The third-order valence-electron chi connectivity index (χ3n) is 4.73. The van der Waals surface area contributed by atoms with E-state index in [-0.39, 0.29) is 17.7 Å². The standard InChI is InChI=1S/C21H24N2O2/c1-2-16-10-12-17(13-11-16)21(25)23-14-6-7-18(15-23)20(24)22-19-8-4-3-5-9-19/h3-5,8-13,18H,2,6-7,14-15H2,1H3,(H,22,24)/t18-/m0/s1. The predicted molar refractivity (Wildman–Crippen MR) is 99.5 cm³/mol. The van der Waals surface area contributed by atoms with E-state index in [0.717, 1.165) is 24.9 Å². The molecule has 0 spiro atoms. The van der Waals surface area contributed by atoms with Crippen LogP contribution in [-0.4, -0.2) is 29.8 Å². The minimum absolute atomic E-state index is 0.00923. The average Bonchev–Trinajstić information content (AvgIpc) is 2.68. The van der Waals surface area contributed by atoms with Crippen LogP contribution in [0.15, 0.2) is 54.6 Å². The summed E-state index contributed by atoms with van der Waals surface area (Å²) in [5.74, 6) is -0.155. The molecule has 1 atom stereocenters. The predicted octanol–water partition coefficient (Wildman–Crippen LogP) is 3.74. The number of likely N-dealkylation sites (tertiary alicyclic amines) is 1. The van der Waals surface area contributed by atoms with Crippen molar-refractivity contribution in [2.24, 2.45) is 5.92 Å². The van der Waals surface area contributed by atoms with Crippen LogP contribution in [0.1, 0.15) is 35.7 Å². The second-order valence-corrected chi connectivity index (χ2v) is 6.50. The molecule has 3 rings (SSSR count). The number of rotatable bonds is 4. The van der Waals surface area contributed by atoms with Gasteiger partial charge in [0.15, 0.2) is 0 Å². The molecule has 1 N–H and O–H groups in total. The molecular formula is C21H24N2O2. The smallest absolute Gasteiger partial charge is 0.253 e. The zero-order chi connectivity index (χ0) is 17.6. The van der Waals surface area contributed by atoms with E-state index in [0.29, 0.717) is 18.7 Å². The number of nitrogens with zero attached hydrogens (tertiary/aromatic N) is 1. The van der Waals surface area contributed by atoms with E-state index in [9.17, 15) is 9.59 Å². The molecular weight excluding hydrogens is 312 g/mol. The minimum Gasteiger partial charge on any atom is -0.338 e. The monoisotopic (exact) mass is 336 g/mol. The summed E-state index contributed by atoms with van der Waals surface area (Å²) in [5.41, 5.74) is 2.71. The van der Waals surface area contributed by atoms with Gasteiger partial charge in [-0.15, -0.1) is 0 Å². The Hall–Kier alpha value is -2.62. The molecule has 1 fully saturated rings. The van der Waals surface area contributed by atoms with Gasteiger partial charge in [0.1, 0.15) is 0 Å². The van der Waals surface area contributed by atoms with Crippen molar-refractivity contribution >= 4 is 17.5 Å². The number of anilines is 1. The Labute approximate surface area is 148 Å². The molecule has 1 saturated heterocycles. The molecule has 2 amide bonds.